The maximum absolute atomic E-state index is 12.5. The van der Waals surface area contributed by atoms with Crippen molar-refractivity contribution in [1.82, 2.24) is 5.32 Å². The van der Waals surface area contributed by atoms with Crippen LogP contribution in [0.2, 0.25) is 0 Å². The highest BCUT2D eigenvalue weighted by atomic mass is 16.3. The van der Waals surface area contributed by atoms with Crippen molar-refractivity contribution in [3.8, 4) is 0 Å². The van der Waals surface area contributed by atoms with E-state index in [1.165, 1.54) is 199 Å². The summed E-state index contributed by atoms with van der Waals surface area (Å²) in [6.07, 6.45) is 53.6. The molecule has 0 rings (SSSR count). The van der Waals surface area contributed by atoms with E-state index in [4.69, 9.17) is 0 Å². The van der Waals surface area contributed by atoms with Crippen molar-refractivity contribution in [1.29, 1.82) is 0 Å². The van der Waals surface area contributed by atoms with Crippen LogP contribution in [0.25, 0.3) is 0 Å². The lowest BCUT2D eigenvalue weighted by molar-refractivity contribution is -0.131. The van der Waals surface area contributed by atoms with E-state index in [1.54, 1.807) is 6.08 Å². The third-order valence-electron chi connectivity index (χ3n) is 11.0. The molecule has 314 valence electrons. The topological polar surface area (TPSA) is 89.8 Å². The van der Waals surface area contributed by atoms with Crippen LogP contribution in [0.4, 0.5) is 0 Å². The van der Waals surface area contributed by atoms with Gasteiger partial charge in [0.25, 0.3) is 0 Å². The Morgan fingerprint density at radius 1 is 0.453 bits per heavy atom. The van der Waals surface area contributed by atoms with Gasteiger partial charge in [0.05, 0.1) is 18.8 Å². The normalized spacial score (nSPS) is 13.7. The molecule has 0 aliphatic rings. The van der Waals surface area contributed by atoms with Crippen LogP contribution in [-0.2, 0) is 4.79 Å². The third kappa shape index (κ3) is 38.9. The van der Waals surface area contributed by atoms with E-state index in [2.05, 4.69) is 31.3 Å². The first-order chi connectivity index (χ1) is 26.1. The second kappa shape index (κ2) is 43.6. The summed E-state index contributed by atoms with van der Waals surface area (Å²) < 4.78 is 0. The average Bonchev–Trinajstić information content (AvgIpc) is 3.16. The highest BCUT2D eigenvalue weighted by Gasteiger charge is 2.22. The molecule has 3 unspecified atom stereocenters. The predicted molar refractivity (Wildman–Crippen MR) is 231 cm³/mol. The van der Waals surface area contributed by atoms with Gasteiger partial charge in [0.15, 0.2) is 0 Å². The zero-order chi connectivity index (χ0) is 38.7. The molecule has 0 aliphatic carbocycles. The minimum atomic E-state index is -1.10. The lowest BCUT2D eigenvalue weighted by atomic mass is 10.0. The molecule has 5 nitrogen and oxygen atoms in total. The molecule has 0 bridgehead atoms. The number of hydrogen-bond acceptors (Lipinski definition) is 4. The van der Waals surface area contributed by atoms with E-state index in [9.17, 15) is 20.1 Å². The summed E-state index contributed by atoms with van der Waals surface area (Å²) in [5, 5.41) is 33.2. The summed E-state index contributed by atoms with van der Waals surface area (Å²) in [7, 11) is 0. The summed E-state index contributed by atoms with van der Waals surface area (Å²) in [5.41, 5.74) is 0. The number of unbranched alkanes of at least 4 members (excludes halogenated alkanes) is 33. The van der Waals surface area contributed by atoms with Crippen LogP contribution >= 0.6 is 0 Å². The molecule has 4 N–H and O–H groups in total. The molecular weight excluding hydrogens is 655 g/mol. The Kier molecular flexibility index (Phi) is 42.6. The van der Waals surface area contributed by atoms with Crippen molar-refractivity contribution < 1.29 is 20.1 Å². The molecule has 0 spiro atoms. The average molecular weight is 748 g/mol. The number of carbonyl (C=O) groups excluding carboxylic acids is 1. The van der Waals surface area contributed by atoms with Gasteiger partial charge in [-0.25, -0.2) is 0 Å². The van der Waals surface area contributed by atoms with Crippen molar-refractivity contribution in [3.63, 3.8) is 0 Å². The van der Waals surface area contributed by atoms with E-state index in [-0.39, 0.29) is 6.61 Å². The van der Waals surface area contributed by atoms with Gasteiger partial charge in [-0.3, -0.25) is 4.79 Å². The van der Waals surface area contributed by atoms with Crippen LogP contribution < -0.4 is 5.32 Å². The van der Waals surface area contributed by atoms with Gasteiger partial charge in [0.1, 0.15) is 6.10 Å². The van der Waals surface area contributed by atoms with Crippen LogP contribution in [-0.4, -0.2) is 46.1 Å². The second-order valence-corrected chi connectivity index (χ2v) is 16.3. The van der Waals surface area contributed by atoms with Gasteiger partial charge in [-0.1, -0.05) is 231 Å². The van der Waals surface area contributed by atoms with Crippen molar-refractivity contribution in [2.24, 2.45) is 0 Å². The smallest absolute Gasteiger partial charge is 0.249 e. The Morgan fingerprint density at radius 2 is 0.755 bits per heavy atom. The van der Waals surface area contributed by atoms with E-state index in [0.29, 0.717) is 6.42 Å². The maximum atomic E-state index is 12.5. The van der Waals surface area contributed by atoms with Crippen LogP contribution in [0.1, 0.15) is 251 Å². The number of allylic oxidation sites excluding steroid dienone is 3. The predicted octanol–water partition coefficient (Wildman–Crippen LogP) is 13.8. The van der Waals surface area contributed by atoms with Crippen molar-refractivity contribution >= 4 is 5.91 Å². The third-order valence-corrected chi connectivity index (χ3v) is 11.0. The second-order valence-electron chi connectivity index (χ2n) is 16.3. The summed E-state index contributed by atoms with van der Waals surface area (Å²) in [4.78, 5) is 12.5. The Labute approximate surface area is 331 Å². The van der Waals surface area contributed by atoms with Gasteiger partial charge in [0.2, 0.25) is 5.91 Å². The first-order valence-electron chi connectivity index (χ1n) is 23.7. The standard InChI is InChI=1S/C48H93NO4/c1-3-5-7-9-11-13-15-17-19-21-23-25-27-29-31-33-35-37-39-41-43-47(52)48(53)49-45(44-50)46(51)42-40-38-36-34-32-30-28-26-24-22-20-18-16-14-12-10-8-6-4-2/h25,27,40,42,45-47,50-52H,3-24,26,28-39,41,43-44H2,1-2H3,(H,49,53)/b27-25-,42-40+. The molecule has 0 heterocycles. The van der Waals surface area contributed by atoms with Gasteiger partial charge >= 0.3 is 0 Å². The molecule has 3 atom stereocenters. The first kappa shape index (κ1) is 51.8. The lowest BCUT2D eigenvalue weighted by Crippen LogP contribution is -2.48. The molecule has 0 aromatic rings. The van der Waals surface area contributed by atoms with E-state index in [1.807, 2.05) is 6.08 Å². The molecule has 0 radical (unpaired) electrons. The highest BCUT2D eigenvalue weighted by Crippen LogP contribution is 2.16. The molecule has 5 heteroatoms. The van der Waals surface area contributed by atoms with Crippen molar-refractivity contribution in [2.75, 3.05) is 6.61 Å². The lowest BCUT2D eigenvalue weighted by Gasteiger charge is -2.21. The van der Waals surface area contributed by atoms with Gasteiger partial charge in [-0.15, -0.1) is 0 Å². The number of carbonyl (C=O) groups is 1. The Morgan fingerprint density at radius 3 is 1.09 bits per heavy atom. The van der Waals surface area contributed by atoms with Crippen LogP contribution in [0.5, 0.6) is 0 Å². The minimum absolute atomic E-state index is 0.364. The van der Waals surface area contributed by atoms with Crippen LogP contribution in [0, 0.1) is 0 Å². The van der Waals surface area contributed by atoms with E-state index < -0.39 is 24.2 Å². The van der Waals surface area contributed by atoms with Crippen LogP contribution in [0.15, 0.2) is 24.3 Å². The molecular formula is C48H93NO4. The number of nitrogens with one attached hydrogen (secondary N) is 1. The fraction of sp³-hybridized carbons (Fsp3) is 0.896. The van der Waals surface area contributed by atoms with Gasteiger partial charge in [0, 0.05) is 0 Å². The zero-order valence-electron chi connectivity index (χ0n) is 35.7. The minimum Gasteiger partial charge on any atom is -0.394 e. The Bertz CT molecular complexity index is 784. The molecule has 0 saturated carbocycles. The summed E-state index contributed by atoms with van der Waals surface area (Å²) >= 11 is 0. The number of rotatable bonds is 43. The SMILES string of the molecule is CCCCCCCCCCCC/C=C\CCCCCCCCC(O)C(=O)NC(CO)C(O)/C=C/CCCCCCCCCCCCCCCCCCC. The summed E-state index contributed by atoms with van der Waals surface area (Å²) in [6, 6.07) is -0.798. The molecule has 0 aromatic carbocycles. The van der Waals surface area contributed by atoms with Gasteiger partial charge in [-0.2, -0.15) is 0 Å². The number of amides is 1. The largest absolute Gasteiger partial charge is 0.394 e. The number of hydrogen-bond donors (Lipinski definition) is 4. The van der Waals surface area contributed by atoms with E-state index >= 15 is 0 Å². The number of aliphatic hydroxyl groups is 3. The summed E-state index contributed by atoms with van der Waals surface area (Å²) in [5.74, 6) is -0.505. The monoisotopic (exact) mass is 748 g/mol. The van der Waals surface area contributed by atoms with Crippen molar-refractivity contribution in [2.45, 2.75) is 270 Å². The molecule has 0 saturated heterocycles. The molecule has 53 heavy (non-hydrogen) atoms. The van der Waals surface area contributed by atoms with Crippen LogP contribution in [0.3, 0.4) is 0 Å². The van der Waals surface area contributed by atoms with E-state index in [0.717, 1.165) is 32.1 Å². The number of aliphatic hydroxyl groups excluding tert-OH is 3. The fourth-order valence-electron chi connectivity index (χ4n) is 7.30. The first-order valence-corrected chi connectivity index (χ1v) is 23.7. The molecule has 0 aromatic heterocycles. The van der Waals surface area contributed by atoms with Gasteiger partial charge in [-0.05, 0) is 44.9 Å². The Hall–Kier alpha value is -1.17. The zero-order valence-corrected chi connectivity index (χ0v) is 35.7. The maximum Gasteiger partial charge on any atom is 0.249 e. The Balaban J connectivity index is 3.65. The fourth-order valence-corrected chi connectivity index (χ4v) is 7.30. The molecule has 0 aliphatic heterocycles. The molecule has 1 amide bonds. The quantitative estimate of drug-likeness (QED) is 0.0369. The van der Waals surface area contributed by atoms with Crippen molar-refractivity contribution in [3.05, 3.63) is 24.3 Å². The van der Waals surface area contributed by atoms with Gasteiger partial charge < -0.3 is 20.6 Å². The molecule has 0 fully saturated rings. The summed E-state index contributed by atoms with van der Waals surface area (Å²) in [6.45, 7) is 4.20. The highest BCUT2D eigenvalue weighted by molar-refractivity contribution is 5.80.